The Hall–Kier alpha value is -0.420. The molecule has 0 spiro atoms. The highest BCUT2D eigenvalue weighted by atomic mass is 35.5. The Balaban J connectivity index is 3.62. The molecule has 4 nitrogen and oxygen atoms in total. The fourth-order valence-corrected chi connectivity index (χ4v) is 1.17. The summed E-state index contributed by atoms with van der Waals surface area (Å²) in [6, 6.07) is -0.485. The highest BCUT2D eigenvalue weighted by molar-refractivity contribution is 7.99. The number of halogens is 1. The van der Waals surface area contributed by atoms with Crippen molar-refractivity contribution >= 4 is 35.3 Å². The van der Waals surface area contributed by atoms with Gasteiger partial charge in [-0.15, -0.1) is 11.6 Å². The number of imide groups is 1. The molecule has 0 bridgehead atoms. The molecular weight excluding hydrogens is 236 g/mol. The molecule has 0 aliphatic heterocycles. The van der Waals surface area contributed by atoms with E-state index in [-0.39, 0.29) is 0 Å². The van der Waals surface area contributed by atoms with Crippen LogP contribution in [0.4, 0.5) is 4.79 Å². The first-order valence-corrected chi connectivity index (χ1v) is 6.45. The second-order valence-electron chi connectivity index (χ2n) is 3.20. The molecule has 0 heterocycles. The summed E-state index contributed by atoms with van der Waals surface area (Å²) in [6.45, 7) is 4.15. The zero-order valence-electron chi connectivity index (χ0n) is 9.17. The van der Waals surface area contributed by atoms with E-state index in [4.69, 9.17) is 11.6 Å². The molecule has 0 rings (SSSR count). The standard InChI is InChI=1S/C9H17ClN2O2S/c1-6(15-3)4-5-11-9(14)12-8(13)7(2)10/h6-7H,4-5H2,1-3H3,(H2,11,12,13,14). The third kappa shape index (κ3) is 7.50. The van der Waals surface area contributed by atoms with Crippen molar-refractivity contribution in [2.75, 3.05) is 12.8 Å². The van der Waals surface area contributed by atoms with Crippen LogP contribution in [0.3, 0.4) is 0 Å². The maximum atomic E-state index is 11.1. The molecule has 0 aliphatic carbocycles. The number of carbonyl (C=O) groups is 2. The van der Waals surface area contributed by atoms with Crippen molar-refractivity contribution in [2.45, 2.75) is 30.9 Å². The van der Waals surface area contributed by atoms with Crippen molar-refractivity contribution in [1.82, 2.24) is 10.6 Å². The molecule has 0 aromatic carbocycles. The van der Waals surface area contributed by atoms with E-state index in [1.165, 1.54) is 6.92 Å². The van der Waals surface area contributed by atoms with Crippen LogP contribution in [0.1, 0.15) is 20.3 Å². The van der Waals surface area contributed by atoms with Gasteiger partial charge in [0.2, 0.25) is 5.91 Å². The SMILES string of the molecule is CSC(C)CCNC(=O)NC(=O)C(C)Cl. The Morgan fingerprint density at radius 2 is 2.00 bits per heavy atom. The summed E-state index contributed by atoms with van der Waals surface area (Å²) in [5.74, 6) is -0.480. The Morgan fingerprint density at radius 3 is 2.47 bits per heavy atom. The van der Waals surface area contributed by atoms with Gasteiger partial charge in [0.25, 0.3) is 0 Å². The molecular formula is C9H17ClN2O2S. The van der Waals surface area contributed by atoms with E-state index in [0.717, 1.165) is 6.42 Å². The average molecular weight is 253 g/mol. The van der Waals surface area contributed by atoms with Gasteiger partial charge >= 0.3 is 6.03 Å². The Morgan fingerprint density at radius 1 is 1.40 bits per heavy atom. The first-order valence-electron chi connectivity index (χ1n) is 4.73. The third-order valence-corrected chi connectivity index (χ3v) is 3.08. The van der Waals surface area contributed by atoms with Gasteiger partial charge in [0.05, 0.1) is 0 Å². The summed E-state index contributed by atoms with van der Waals surface area (Å²) in [7, 11) is 0. The van der Waals surface area contributed by atoms with Crippen molar-refractivity contribution in [1.29, 1.82) is 0 Å². The maximum absolute atomic E-state index is 11.1. The molecule has 0 saturated heterocycles. The summed E-state index contributed by atoms with van der Waals surface area (Å²) < 4.78 is 0. The Kier molecular flexibility index (Phi) is 7.60. The van der Waals surface area contributed by atoms with Gasteiger partial charge in [-0.25, -0.2) is 4.79 Å². The van der Waals surface area contributed by atoms with Crippen molar-refractivity contribution in [3.05, 3.63) is 0 Å². The minimum Gasteiger partial charge on any atom is -0.338 e. The number of amides is 3. The lowest BCUT2D eigenvalue weighted by atomic mass is 10.3. The number of alkyl halides is 1. The van der Waals surface area contributed by atoms with Gasteiger partial charge in [-0.05, 0) is 19.6 Å². The molecule has 0 aromatic heterocycles. The number of rotatable bonds is 5. The predicted octanol–water partition coefficient (Wildman–Crippen LogP) is 1.58. The van der Waals surface area contributed by atoms with Crippen LogP contribution >= 0.6 is 23.4 Å². The van der Waals surface area contributed by atoms with E-state index in [1.54, 1.807) is 11.8 Å². The predicted molar refractivity (Wildman–Crippen MR) is 64.5 cm³/mol. The van der Waals surface area contributed by atoms with Crippen molar-refractivity contribution in [2.24, 2.45) is 0 Å². The minimum atomic E-state index is -0.694. The van der Waals surface area contributed by atoms with Crippen molar-refractivity contribution < 1.29 is 9.59 Å². The molecule has 0 saturated carbocycles. The topological polar surface area (TPSA) is 58.2 Å². The van der Waals surface area contributed by atoms with E-state index in [0.29, 0.717) is 11.8 Å². The van der Waals surface area contributed by atoms with Crippen LogP contribution in [0.2, 0.25) is 0 Å². The van der Waals surface area contributed by atoms with Crippen molar-refractivity contribution in [3.63, 3.8) is 0 Å². The zero-order chi connectivity index (χ0) is 11.8. The zero-order valence-corrected chi connectivity index (χ0v) is 10.7. The van der Waals surface area contributed by atoms with Gasteiger partial charge in [0.1, 0.15) is 5.38 Å². The van der Waals surface area contributed by atoms with Crippen LogP contribution < -0.4 is 10.6 Å². The van der Waals surface area contributed by atoms with E-state index in [9.17, 15) is 9.59 Å². The number of hydrogen-bond acceptors (Lipinski definition) is 3. The molecule has 0 aliphatic rings. The molecule has 0 aromatic rings. The van der Waals surface area contributed by atoms with E-state index < -0.39 is 17.3 Å². The van der Waals surface area contributed by atoms with Crippen LogP contribution in [0.15, 0.2) is 0 Å². The molecule has 2 N–H and O–H groups in total. The van der Waals surface area contributed by atoms with Crippen LogP contribution in [0.25, 0.3) is 0 Å². The highest BCUT2D eigenvalue weighted by Crippen LogP contribution is 2.07. The van der Waals surface area contributed by atoms with E-state index >= 15 is 0 Å². The van der Waals surface area contributed by atoms with E-state index in [2.05, 4.69) is 17.6 Å². The highest BCUT2D eigenvalue weighted by Gasteiger charge is 2.12. The number of thioether (sulfide) groups is 1. The lowest BCUT2D eigenvalue weighted by Gasteiger charge is -2.10. The fourth-order valence-electron chi connectivity index (χ4n) is 0.762. The maximum Gasteiger partial charge on any atom is 0.321 e. The quantitative estimate of drug-likeness (QED) is 0.731. The Labute approximate surface area is 99.5 Å². The largest absolute Gasteiger partial charge is 0.338 e. The molecule has 88 valence electrons. The first-order chi connectivity index (χ1) is 6.97. The molecule has 2 atom stereocenters. The minimum absolute atomic E-state index is 0.480. The van der Waals surface area contributed by atoms with Crippen LogP contribution in [-0.2, 0) is 4.79 Å². The molecule has 6 heteroatoms. The van der Waals surface area contributed by atoms with Gasteiger partial charge in [-0.1, -0.05) is 6.92 Å². The normalized spacial score (nSPS) is 14.1. The van der Waals surface area contributed by atoms with Gasteiger partial charge in [0.15, 0.2) is 0 Å². The first kappa shape index (κ1) is 14.6. The number of urea groups is 1. The average Bonchev–Trinajstić information content (AvgIpc) is 2.17. The smallest absolute Gasteiger partial charge is 0.321 e. The summed E-state index contributed by atoms with van der Waals surface area (Å²) >= 11 is 7.22. The molecule has 0 fully saturated rings. The number of nitrogens with one attached hydrogen (secondary N) is 2. The molecule has 3 amide bonds. The number of hydrogen-bond donors (Lipinski definition) is 2. The number of carbonyl (C=O) groups excluding carboxylic acids is 2. The molecule has 15 heavy (non-hydrogen) atoms. The van der Waals surface area contributed by atoms with Gasteiger partial charge in [-0.3, -0.25) is 10.1 Å². The Bertz CT molecular complexity index is 224. The van der Waals surface area contributed by atoms with Gasteiger partial charge in [0, 0.05) is 11.8 Å². The van der Waals surface area contributed by atoms with Crippen molar-refractivity contribution in [3.8, 4) is 0 Å². The van der Waals surface area contributed by atoms with Crippen LogP contribution in [0, 0.1) is 0 Å². The molecule has 0 radical (unpaired) electrons. The fraction of sp³-hybridized carbons (Fsp3) is 0.778. The van der Waals surface area contributed by atoms with Crippen LogP contribution in [-0.4, -0.2) is 35.4 Å². The van der Waals surface area contributed by atoms with Crippen LogP contribution in [0.5, 0.6) is 0 Å². The van der Waals surface area contributed by atoms with E-state index in [1.807, 2.05) is 6.26 Å². The summed E-state index contributed by atoms with van der Waals surface area (Å²) in [6.07, 6.45) is 2.89. The lowest BCUT2D eigenvalue weighted by Crippen LogP contribution is -2.42. The lowest BCUT2D eigenvalue weighted by molar-refractivity contribution is -0.119. The molecule has 2 unspecified atom stereocenters. The van der Waals surface area contributed by atoms with Gasteiger partial charge in [-0.2, -0.15) is 11.8 Å². The summed E-state index contributed by atoms with van der Waals surface area (Å²) in [5, 5.41) is 4.53. The second kappa shape index (κ2) is 7.82. The monoisotopic (exact) mass is 252 g/mol. The second-order valence-corrected chi connectivity index (χ2v) is 5.13. The summed E-state index contributed by atoms with van der Waals surface area (Å²) in [5.41, 5.74) is 0. The third-order valence-electron chi connectivity index (χ3n) is 1.84. The summed E-state index contributed by atoms with van der Waals surface area (Å²) in [4.78, 5) is 22.1. The van der Waals surface area contributed by atoms with Gasteiger partial charge < -0.3 is 5.32 Å².